The van der Waals surface area contributed by atoms with Crippen LogP contribution in [-0.2, 0) is 9.53 Å². The first-order chi connectivity index (χ1) is 14.7. The summed E-state index contributed by atoms with van der Waals surface area (Å²) in [6, 6.07) is 3.62. The smallest absolute Gasteiger partial charge is 0.255 e. The van der Waals surface area contributed by atoms with Gasteiger partial charge in [-0.2, -0.15) is 0 Å². The van der Waals surface area contributed by atoms with Crippen LogP contribution in [-0.4, -0.2) is 67.1 Å². The second kappa shape index (κ2) is 10.2. The van der Waals surface area contributed by atoms with Gasteiger partial charge in [0.1, 0.15) is 5.82 Å². The van der Waals surface area contributed by atoms with E-state index in [1.54, 1.807) is 12.3 Å². The van der Waals surface area contributed by atoms with Crippen LogP contribution in [0.2, 0.25) is 0 Å². The zero-order valence-corrected chi connectivity index (χ0v) is 17.9. The molecule has 3 aliphatic rings. The number of ether oxygens (including phenoxy) is 1. The molecule has 2 saturated heterocycles. The first-order valence-electron chi connectivity index (χ1n) is 11.6. The molecule has 30 heavy (non-hydrogen) atoms. The van der Waals surface area contributed by atoms with Gasteiger partial charge < -0.3 is 19.9 Å². The van der Waals surface area contributed by atoms with Crippen LogP contribution >= 0.6 is 0 Å². The number of nitrogens with zero attached hydrogens (tertiary/aromatic N) is 3. The van der Waals surface area contributed by atoms with Crippen molar-refractivity contribution in [3.63, 3.8) is 0 Å². The summed E-state index contributed by atoms with van der Waals surface area (Å²) in [6.45, 7) is 4.11. The molecular weight excluding hydrogens is 380 g/mol. The molecule has 4 rings (SSSR count). The number of rotatable bonds is 7. The Morgan fingerprint density at radius 2 is 1.90 bits per heavy atom. The standard InChI is InChI=1S/C23H34N4O3/c28-21(10-9-18-5-1-2-6-18)26-12-14-27(15-13-26)22-20(8-3-11-24-22)23(29)25-17-19-7-4-16-30-19/h3,8,11,18-19H,1-2,4-7,9-10,12-17H2,(H,25,29). The number of carbonyl (C=O) groups is 2. The minimum atomic E-state index is -0.108. The molecule has 7 heteroatoms. The third-order valence-electron chi connectivity index (χ3n) is 6.72. The zero-order valence-electron chi connectivity index (χ0n) is 17.9. The van der Waals surface area contributed by atoms with Gasteiger partial charge in [-0.05, 0) is 37.3 Å². The number of hydrogen-bond acceptors (Lipinski definition) is 5. The summed E-state index contributed by atoms with van der Waals surface area (Å²) >= 11 is 0. The van der Waals surface area contributed by atoms with Crippen molar-refractivity contribution in [2.75, 3.05) is 44.2 Å². The molecule has 1 saturated carbocycles. The predicted octanol–water partition coefficient (Wildman–Crippen LogP) is 2.61. The topological polar surface area (TPSA) is 74.8 Å². The highest BCUT2D eigenvalue weighted by Crippen LogP contribution is 2.29. The van der Waals surface area contributed by atoms with E-state index in [0.29, 0.717) is 50.5 Å². The molecule has 164 valence electrons. The maximum atomic E-state index is 12.8. The van der Waals surface area contributed by atoms with Crippen LogP contribution in [0.25, 0.3) is 0 Å². The third-order valence-corrected chi connectivity index (χ3v) is 6.72. The lowest BCUT2D eigenvalue weighted by Gasteiger charge is -2.36. The third kappa shape index (κ3) is 5.31. The minimum Gasteiger partial charge on any atom is -0.376 e. The van der Waals surface area contributed by atoms with E-state index in [2.05, 4.69) is 15.2 Å². The molecule has 0 radical (unpaired) electrons. The second-order valence-corrected chi connectivity index (χ2v) is 8.78. The number of amides is 2. The molecule has 0 bridgehead atoms. The summed E-state index contributed by atoms with van der Waals surface area (Å²) in [5.74, 6) is 1.63. The second-order valence-electron chi connectivity index (χ2n) is 8.78. The minimum absolute atomic E-state index is 0.108. The summed E-state index contributed by atoms with van der Waals surface area (Å²) in [7, 11) is 0. The van der Waals surface area contributed by atoms with Crippen molar-refractivity contribution in [1.29, 1.82) is 0 Å². The van der Waals surface area contributed by atoms with Crippen molar-refractivity contribution in [2.24, 2.45) is 5.92 Å². The molecule has 1 atom stereocenters. The maximum Gasteiger partial charge on any atom is 0.255 e. The van der Waals surface area contributed by atoms with E-state index < -0.39 is 0 Å². The first-order valence-corrected chi connectivity index (χ1v) is 11.6. The van der Waals surface area contributed by atoms with E-state index in [9.17, 15) is 9.59 Å². The lowest BCUT2D eigenvalue weighted by Crippen LogP contribution is -2.49. The number of aromatic nitrogens is 1. The fourth-order valence-electron chi connectivity index (χ4n) is 4.89. The van der Waals surface area contributed by atoms with Gasteiger partial charge in [-0.25, -0.2) is 4.98 Å². The molecule has 2 amide bonds. The van der Waals surface area contributed by atoms with Crippen LogP contribution in [0.1, 0.15) is 61.7 Å². The van der Waals surface area contributed by atoms with Crippen LogP contribution in [0.3, 0.4) is 0 Å². The molecule has 2 aliphatic heterocycles. The van der Waals surface area contributed by atoms with E-state index in [1.807, 2.05) is 11.0 Å². The van der Waals surface area contributed by atoms with Gasteiger partial charge in [-0.15, -0.1) is 0 Å². The maximum absolute atomic E-state index is 12.8. The lowest BCUT2D eigenvalue weighted by molar-refractivity contribution is -0.131. The average Bonchev–Trinajstić information content (AvgIpc) is 3.50. The zero-order chi connectivity index (χ0) is 20.8. The van der Waals surface area contributed by atoms with Crippen LogP contribution in [0, 0.1) is 5.92 Å². The number of anilines is 1. The Hall–Kier alpha value is -2.15. The normalized spacial score (nSPS) is 22.5. The van der Waals surface area contributed by atoms with Gasteiger partial charge in [-0.3, -0.25) is 9.59 Å². The molecule has 1 aromatic heterocycles. The highest BCUT2D eigenvalue weighted by atomic mass is 16.5. The van der Waals surface area contributed by atoms with E-state index in [1.165, 1.54) is 25.7 Å². The molecule has 7 nitrogen and oxygen atoms in total. The van der Waals surface area contributed by atoms with Crippen LogP contribution in [0.15, 0.2) is 18.3 Å². The Labute approximate surface area is 179 Å². The molecule has 3 fully saturated rings. The molecule has 3 heterocycles. The summed E-state index contributed by atoms with van der Waals surface area (Å²) in [5, 5.41) is 3.00. The van der Waals surface area contributed by atoms with Gasteiger partial charge in [0.2, 0.25) is 5.91 Å². The Kier molecular flexibility index (Phi) is 7.20. The van der Waals surface area contributed by atoms with Crippen LogP contribution in [0.5, 0.6) is 0 Å². The highest BCUT2D eigenvalue weighted by Gasteiger charge is 2.26. The predicted molar refractivity (Wildman–Crippen MR) is 116 cm³/mol. The fourth-order valence-corrected chi connectivity index (χ4v) is 4.89. The fraction of sp³-hybridized carbons (Fsp3) is 0.696. The number of piperazine rings is 1. The van der Waals surface area contributed by atoms with E-state index in [-0.39, 0.29) is 17.9 Å². The largest absolute Gasteiger partial charge is 0.376 e. The monoisotopic (exact) mass is 414 g/mol. The Morgan fingerprint density at radius 3 is 2.63 bits per heavy atom. The van der Waals surface area contributed by atoms with Gasteiger partial charge in [0.05, 0.1) is 11.7 Å². The molecule has 1 aliphatic carbocycles. The Balaban J connectivity index is 1.28. The molecule has 1 unspecified atom stereocenters. The van der Waals surface area contributed by atoms with E-state index in [4.69, 9.17) is 4.74 Å². The van der Waals surface area contributed by atoms with Crippen LogP contribution < -0.4 is 10.2 Å². The van der Waals surface area contributed by atoms with Gasteiger partial charge in [0.25, 0.3) is 5.91 Å². The highest BCUT2D eigenvalue weighted by molar-refractivity contribution is 5.99. The Bertz CT molecular complexity index is 721. The van der Waals surface area contributed by atoms with E-state index in [0.717, 1.165) is 31.8 Å². The Morgan fingerprint density at radius 1 is 1.10 bits per heavy atom. The quantitative estimate of drug-likeness (QED) is 0.742. The molecule has 0 spiro atoms. The van der Waals surface area contributed by atoms with Crippen molar-refractivity contribution in [2.45, 2.75) is 57.5 Å². The summed E-state index contributed by atoms with van der Waals surface area (Å²) in [5.41, 5.74) is 0.594. The lowest BCUT2D eigenvalue weighted by atomic mass is 10.0. The first kappa shape index (κ1) is 21.1. The van der Waals surface area contributed by atoms with Gasteiger partial charge >= 0.3 is 0 Å². The van der Waals surface area contributed by atoms with Gasteiger partial charge in [-0.1, -0.05) is 25.7 Å². The summed E-state index contributed by atoms with van der Waals surface area (Å²) in [6.07, 6.45) is 10.8. The molecule has 0 aromatic carbocycles. The SMILES string of the molecule is O=C(NCC1CCCO1)c1cccnc1N1CCN(C(=O)CCC2CCCC2)CC1. The summed E-state index contributed by atoms with van der Waals surface area (Å²) < 4.78 is 5.59. The van der Waals surface area contributed by atoms with Crippen molar-refractivity contribution in [3.8, 4) is 0 Å². The van der Waals surface area contributed by atoms with Gasteiger partial charge in [0, 0.05) is 51.9 Å². The van der Waals surface area contributed by atoms with Crippen molar-refractivity contribution in [3.05, 3.63) is 23.9 Å². The summed E-state index contributed by atoms with van der Waals surface area (Å²) in [4.78, 5) is 33.9. The number of nitrogens with one attached hydrogen (secondary N) is 1. The molecule has 1 N–H and O–H groups in total. The molecular formula is C23H34N4O3. The van der Waals surface area contributed by atoms with Crippen molar-refractivity contribution >= 4 is 17.6 Å². The van der Waals surface area contributed by atoms with Gasteiger partial charge in [0.15, 0.2) is 0 Å². The average molecular weight is 415 g/mol. The van der Waals surface area contributed by atoms with E-state index >= 15 is 0 Å². The number of hydrogen-bond donors (Lipinski definition) is 1. The van der Waals surface area contributed by atoms with Crippen LogP contribution in [0.4, 0.5) is 5.82 Å². The number of pyridine rings is 1. The number of carbonyl (C=O) groups excluding carboxylic acids is 2. The van der Waals surface area contributed by atoms with Crippen molar-refractivity contribution in [1.82, 2.24) is 15.2 Å². The van der Waals surface area contributed by atoms with Crippen molar-refractivity contribution < 1.29 is 14.3 Å². The molecule has 1 aromatic rings.